The molecule has 0 radical (unpaired) electrons. The first-order valence-corrected chi connectivity index (χ1v) is 14.5. The van der Waals surface area contributed by atoms with Gasteiger partial charge in [-0.3, -0.25) is 4.79 Å². The summed E-state index contributed by atoms with van der Waals surface area (Å²) in [6.07, 6.45) is 1.60. The van der Waals surface area contributed by atoms with Crippen molar-refractivity contribution < 1.29 is 14.6 Å². The molecular formula is C19H30I4O3. The topological polar surface area (TPSA) is 46.5 Å². The highest BCUT2D eigenvalue weighted by Gasteiger charge is 2.52. The van der Waals surface area contributed by atoms with E-state index in [4.69, 9.17) is 4.74 Å². The van der Waals surface area contributed by atoms with E-state index in [1.165, 1.54) is 6.42 Å². The van der Waals surface area contributed by atoms with Crippen LogP contribution in [0.5, 0.6) is 0 Å². The van der Waals surface area contributed by atoms with Crippen LogP contribution in [0.1, 0.15) is 41.0 Å². The molecule has 0 amide bonds. The Bertz CT molecular complexity index is 473. The maximum absolute atomic E-state index is 11.8. The number of halogens is 4. The van der Waals surface area contributed by atoms with Gasteiger partial charge in [-0.15, -0.1) is 0 Å². The van der Waals surface area contributed by atoms with E-state index in [9.17, 15) is 9.90 Å². The Morgan fingerprint density at radius 3 is 1.58 bits per heavy atom. The highest BCUT2D eigenvalue weighted by Crippen LogP contribution is 2.49. The van der Waals surface area contributed by atoms with Gasteiger partial charge < -0.3 is 9.84 Å². The van der Waals surface area contributed by atoms with Crippen LogP contribution in [-0.4, -0.2) is 39.0 Å². The summed E-state index contributed by atoms with van der Waals surface area (Å²) < 4.78 is 8.59. The third kappa shape index (κ3) is 4.65. The zero-order chi connectivity index (χ0) is 19.9. The number of rotatable bonds is 4. The van der Waals surface area contributed by atoms with Crippen molar-refractivity contribution in [3.8, 4) is 0 Å². The van der Waals surface area contributed by atoms with Crippen molar-refractivity contribution in [2.45, 2.75) is 68.9 Å². The highest BCUT2D eigenvalue weighted by molar-refractivity contribution is 14.1. The van der Waals surface area contributed by atoms with E-state index in [1.54, 1.807) is 0 Å². The zero-order valence-corrected chi connectivity index (χ0v) is 24.5. The van der Waals surface area contributed by atoms with Gasteiger partial charge in [0.2, 0.25) is 0 Å². The van der Waals surface area contributed by atoms with Crippen molar-refractivity contribution in [1.82, 2.24) is 0 Å². The molecule has 8 unspecified atom stereocenters. The molecule has 0 bridgehead atoms. The SMILES string of the molecule is CCC1C(I)C(C)C(OC2C(I)C(C)C(C(=O)O)C(C)C2I)C(C)C1I. The van der Waals surface area contributed by atoms with Gasteiger partial charge in [-0.1, -0.05) is 131 Å². The molecule has 0 aromatic carbocycles. The number of carboxylic acids is 1. The Labute approximate surface area is 212 Å². The summed E-state index contributed by atoms with van der Waals surface area (Å²) in [5, 5.41) is 9.68. The van der Waals surface area contributed by atoms with E-state index in [0.717, 1.165) is 5.92 Å². The Morgan fingerprint density at radius 2 is 1.23 bits per heavy atom. The summed E-state index contributed by atoms with van der Waals surface area (Å²) in [6, 6.07) is 0. The van der Waals surface area contributed by atoms with Crippen LogP contribution in [0.25, 0.3) is 0 Å². The van der Waals surface area contributed by atoms with Crippen LogP contribution in [0.4, 0.5) is 0 Å². The molecule has 8 atom stereocenters. The van der Waals surface area contributed by atoms with Gasteiger partial charge in [0.15, 0.2) is 0 Å². The van der Waals surface area contributed by atoms with Gasteiger partial charge in [-0.05, 0) is 29.6 Å². The van der Waals surface area contributed by atoms with E-state index in [-0.39, 0.29) is 37.8 Å². The predicted molar refractivity (Wildman–Crippen MR) is 141 cm³/mol. The van der Waals surface area contributed by atoms with Gasteiger partial charge in [-0.2, -0.15) is 0 Å². The van der Waals surface area contributed by atoms with Gasteiger partial charge >= 0.3 is 5.97 Å². The fourth-order valence-electron chi connectivity index (χ4n) is 4.93. The summed E-state index contributed by atoms with van der Waals surface area (Å²) in [5.74, 6) is 1.11. The second kappa shape index (κ2) is 10.1. The number of hydrogen-bond acceptors (Lipinski definition) is 2. The second-order valence-corrected chi connectivity index (χ2v) is 14.0. The molecule has 0 aliphatic heterocycles. The molecule has 2 rings (SSSR count). The third-order valence-corrected chi connectivity index (χ3v) is 14.5. The van der Waals surface area contributed by atoms with Crippen molar-refractivity contribution in [3.63, 3.8) is 0 Å². The average molecular weight is 814 g/mol. The fourth-order valence-corrected chi connectivity index (χ4v) is 11.4. The first kappa shape index (κ1) is 24.6. The lowest BCUT2D eigenvalue weighted by molar-refractivity contribution is -0.151. The molecule has 2 saturated carbocycles. The molecule has 2 aliphatic carbocycles. The lowest BCUT2D eigenvalue weighted by atomic mass is 9.71. The van der Waals surface area contributed by atoms with Crippen LogP contribution in [0.2, 0.25) is 0 Å². The minimum Gasteiger partial charge on any atom is -0.481 e. The smallest absolute Gasteiger partial charge is 0.307 e. The summed E-state index contributed by atoms with van der Waals surface area (Å²) in [5.41, 5.74) is 0. The molecule has 1 N–H and O–H groups in total. The minimum absolute atomic E-state index is 0.122. The first-order chi connectivity index (χ1) is 12.0. The van der Waals surface area contributed by atoms with Crippen molar-refractivity contribution in [2.75, 3.05) is 0 Å². The number of carbonyl (C=O) groups is 1. The largest absolute Gasteiger partial charge is 0.481 e. The zero-order valence-electron chi connectivity index (χ0n) is 15.9. The van der Waals surface area contributed by atoms with Crippen molar-refractivity contribution in [1.29, 1.82) is 0 Å². The van der Waals surface area contributed by atoms with E-state index < -0.39 is 5.97 Å². The number of alkyl halides is 4. The maximum atomic E-state index is 11.8. The molecule has 3 nitrogen and oxygen atoms in total. The minimum atomic E-state index is -0.656. The highest BCUT2D eigenvalue weighted by atomic mass is 127. The predicted octanol–water partition coefficient (Wildman–Crippen LogP) is 6.25. The fraction of sp³-hybridized carbons (Fsp3) is 0.947. The molecule has 0 saturated heterocycles. The monoisotopic (exact) mass is 814 g/mol. The molecule has 7 heteroatoms. The maximum Gasteiger partial charge on any atom is 0.307 e. The van der Waals surface area contributed by atoms with E-state index >= 15 is 0 Å². The summed E-state index contributed by atoms with van der Waals surface area (Å²) in [4.78, 5) is 11.8. The molecular weight excluding hydrogens is 784 g/mol. The van der Waals surface area contributed by atoms with Crippen LogP contribution in [0.15, 0.2) is 0 Å². The molecule has 26 heavy (non-hydrogen) atoms. The normalized spacial score (nSPS) is 52.7. The molecule has 0 aromatic rings. The van der Waals surface area contributed by atoms with Gasteiger partial charge in [0.25, 0.3) is 0 Å². The Kier molecular flexibility index (Phi) is 9.57. The van der Waals surface area contributed by atoms with E-state index in [1.807, 2.05) is 0 Å². The average Bonchev–Trinajstić information content (AvgIpc) is 2.58. The Morgan fingerprint density at radius 1 is 0.808 bits per heavy atom. The lowest BCUT2D eigenvalue weighted by Gasteiger charge is -2.50. The molecule has 2 fully saturated rings. The van der Waals surface area contributed by atoms with Crippen LogP contribution in [-0.2, 0) is 9.53 Å². The van der Waals surface area contributed by atoms with Crippen LogP contribution in [0, 0.1) is 35.5 Å². The molecule has 0 heterocycles. The molecule has 152 valence electrons. The molecule has 0 aromatic heterocycles. The number of carboxylic acid groups (broad SMARTS) is 1. The second-order valence-electron chi connectivity index (χ2n) is 8.22. The Hall–Kier alpha value is 2.35. The molecule has 2 aliphatic rings. The number of aliphatic carboxylic acids is 1. The van der Waals surface area contributed by atoms with Gasteiger partial charge in [0.1, 0.15) is 0 Å². The standard InChI is InChI=1S/C19H30I4O3/c1-6-11-13(20)9(4)17(10(5)14(11)21)26-18-15(22)7(2)12(19(24)25)8(3)16(18)23/h7-18H,6H2,1-5H3,(H,24,25). The first-order valence-electron chi connectivity index (χ1n) is 9.49. The van der Waals surface area contributed by atoms with Crippen molar-refractivity contribution in [2.24, 2.45) is 35.5 Å². The summed E-state index contributed by atoms with van der Waals surface area (Å²) in [7, 11) is 0. The quantitative estimate of drug-likeness (QED) is 0.270. The van der Waals surface area contributed by atoms with Gasteiger partial charge in [0.05, 0.1) is 18.1 Å². The van der Waals surface area contributed by atoms with Crippen molar-refractivity contribution >= 4 is 96.3 Å². The summed E-state index contributed by atoms with van der Waals surface area (Å²) >= 11 is 10.2. The van der Waals surface area contributed by atoms with Gasteiger partial charge in [0, 0.05) is 15.7 Å². The van der Waals surface area contributed by atoms with Crippen molar-refractivity contribution in [3.05, 3.63) is 0 Å². The lowest BCUT2D eigenvalue weighted by Crippen LogP contribution is -2.57. The van der Waals surface area contributed by atoms with E-state index in [0.29, 0.717) is 19.7 Å². The van der Waals surface area contributed by atoms with Crippen LogP contribution in [0.3, 0.4) is 0 Å². The number of hydrogen-bond donors (Lipinski definition) is 1. The van der Waals surface area contributed by atoms with E-state index in [2.05, 4.69) is 125 Å². The van der Waals surface area contributed by atoms with Crippen LogP contribution >= 0.6 is 90.4 Å². The number of ether oxygens (including phenoxy) is 1. The Balaban J connectivity index is 2.22. The van der Waals surface area contributed by atoms with Crippen LogP contribution < -0.4 is 0 Å². The third-order valence-electron chi connectivity index (χ3n) is 6.70. The molecule has 0 spiro atoms. The van der Waals surface area contributed by atoms with Gasteiger partial charge in [-0.25, -0.2) is 0 Å². The summed E-state index contributed by atoms with van der Waals surface area (Å²) in [6.45, 7) is 11.2.